The Morgan fingerprint density at radius 3 is 2.39 bits per heavy atom. The van der Waals surface area contributed by atoms with Crippen LogP contribution in [0.4, 0.5) is 0 Å². The molecule has 2 aromatic carbocycles. The zero-order valence-electron chi connectivity index (χ0n) is 18.0. The average Bonchev–Trinajstić information content (AvgIpc) is 2.66. The molecule has 0 saturated carbocycles. The molecular weight excluding hydrogens is 350 g/mol. The fourth-order valence-corrected chi connectivity index (χ4v) is 2.91. The van der Waals surface area contributed by atoms with E-state index >= 15 is 0 Å². The Labute approximate surface area is 169 Å². The van der Waals surface area contributed by atoms with Gasteiger partial charge in [0, 0.05) is 17.2 Å². The van der Waals surface area contributed by atoms with Crippen molar-refractivity contribution in [1.82, 2.24) is 5.32 Å². The molecule has 1 atom stereocenters. The quantitative estimate of drug-likeness (QED) is 0.656. The number of ether oxygens (including phenoxy) is 2. The molecule has 0 aliphatic carbocycles. The maximum Gasteiger partial charge on any atom is 0.251 e. The predicted molar refractivity (Wildman–Crippen MR) is 114 cm³/mol. The molecule has 152 valence electrons. The van der Waals surface area contributed by atoms with Crippen molar-refractivity contribution >= 4 is 5.91 Å². The van der Waals surface area contributed by atoms with E-state index in [1.165, 1.54) is 0 Å². The van der Waals surface area contributed by atoms with Crippen molar-refractivity contribution in [3.05, 3.63) is 59.2 Å². The Morgan fingerprint density at radius 2 is 1.75 bits per heavy atom. The zero-order chi connectivity index (χ0) is 20.7. The third kappa shape index (κ3) is 5.75. The van der Waals surface area contributed by atoms with Gasteiger partial charge in [-0.3, -0.25) is 4.79 Å². The largest absolute Gasteiger partial charge is 0.493 e. The molecule has 0 fully saturated rings. The summed E-state index contributed by atoms with van der Waals surface area (Å²) in [6.45, 7) is 13.4. The van der Waals surface area contributed by atoms with Crippen molar-refractivity contribution in [2.75, 3.05) is 6.61 Å². The molecule has 2 rings (SSSR count). The van der Waals surface area contributed by atoms with E-state index in [0.29, 0.717) is 18.8 Å². The summed E-state index contributed by atoms with van der Waals surface area (Å²) in [7, 11) is 0. The van der Waals surface area contributed by atoms with Gasteiger partial charge in [-0.2, -0.15) is 0 Å². The molecule has 0 heterocycles. The molecule has 0 unspecified atom stereocenters. The lowest BCUT2D eigenvalue weighted by atomic mass is 9.86. The summed E-state index contributed by atoms with van der Waals surface area (Å²) in [6.07, 6.45) is 0.891. The minimum atomic E-state index is -0.0752. The number of benzene rings is 2. The van der Waals surface area contributed by atoms with Gasteiger partial charge in [-0.05, 0) is 55.5 Å². The van der Waals surface area contributed by atoms with Gasteiger partial charge in [-0.25, -0.2) is 0 Å². The highest BCUT2D eigenvalue weighted by molar-refractivity contribution is 5.94. The molecule has 0 bridgehead atoms. The standard InChI is InChI=1S/C24H33NO3/c1-7-17(3)25-23(26)18-13-14-21(27-8-2)19(15-18)16-28-22-12-10-9-11-20(22)24(4,5)6/h9-15,17H,7-8,16H2,1-6H3,(H,25,26)/t17-/m0/s1. The Bertz CT molecular complexity index is 793. The van der Waals surface area contributed by atoms with Crippen molar-refractivity contribution in [2.24, 2.45) is 0 Å². The summed E-state index contributed by atoms with van der Waals surface area (Å²) < 4.78 is 11.9. The van der Waals surface area contributed by atoms with Gasteiger partial charge < -0.3 is 14.8 Å². The minimum absolute atomic E-state index is 0.0165. The van der Waals surface area contributed by atoms with Crippen LogP contribution >= 0.6 is 0 Å². The van der Waals surface area contributed by atoms with Crippen LogP contribution in [0.5, 0.6) is 11.5 Å². The predicted octanol–water partition coefficient (Wildman–Crippen LogP) is 5.49. The van der Waals surface area contributed by atoms with E-state index < -0.39 is 0 Å². The highest BCUT2D eigenvalue weighted by Crippen LogP contribution is 2.32. The second-order valence-electron chi connectivity index (χ2n) is 8.07. The van der Waals surface area contributed by atoms with Crippen LogP contribution in [0.25, 0.3) is 0 Å². The van der Waals surface area contributed by atoms with E-state index in [9.17, 15) is 4.79 Å². The lowest BCUT2D eigenvalue weighted by Gasteiger charge is -2.23. The fourth-order valence-electron chi connectivity index (χ4n) is 2.91. The van der Waals surface area contributed by atoms with Crippen LogP contribution in [0.15, 0.2) is 42.5 Å². The molecule has 4 heteroatoms. The Balaban J connectivity index is 2.26. The number of carbonyl (C=O) groups excluding carboxylic acids is 1. The first kappa shape index (κ1) is 21.8. The first-order chi connectivity index (χ1) is 13.3. The monoisotopic (exact) mass is 383 g/mol. The van der Waals surface area contributed by atoms with Gasteiger partial charge in [0.1, 0.15) is 18.1 Å². The van der Waals surface area contributed by atoms with Crippen LogP contribution in [0.2, 0.25) is 0 Å². The third-order valence-electron chi connectivity index (χ3n) is 4.69. The molecule has 4 nitrogen and oxygen atoms in total. The summed E-state index contributed by atoms with van der Waals surface area (Å²) in [6, 6.07) is 13.7. The van der Waals surface area contributed by atoms with E-state index in [-0.39, 0.29) is 17.4 Å². The van der Waals surface area contributed by atoms with E-state index in [0.717, 1.165) is 29.0 Å². The van der Waals surface area contributed by atoms with Crippen molar-refractivity contribution in [1.29, 1.82) is 0 Å². The van der Waals surface area contributed by atoms with Crippen molar-refractivity contribution < 1.29 is 14.3 Å². The molecule has 0 aliphatic rings. The highest BCUT2D eigenvalue weighted by Gasteiger charge is 2.19. The smallest absolute Gasteiger partial charge is 0.251 e. The van der Waals surface area contributed by atoms with Crippen LogP contribution in [0.1, 0.15) is 69.4 Å². The van der Waals surface area contributed by atoms with Crippen molar-refractivity contribution in [3.8, 4) is 11.5 Å². The SMILES string of the molecule is CCOc1ccc(C(=O)N[C@@H](C)CC)cc1COc1ccccc1C(C)(C)C. The van der Waals surface area contributed by atoms with Crippen LogP contribution < -0.4 is 14.8 Å². The third-order valence-corrected chi connectivity index (χ3v) is 4.69. The number of rotatable bonds is 8. The van der Waals surface area contributed by atoms with Crippen LogP contribution in [-0.4, -0.2) is 18.6 Å². The summed E-state index contributed by atoms with van der Waals surface area (Å²) in [5, 5.41) is 3.01. The number of nitrogens with one attached hydrogen (secondary N) is 1. The molecule has 1 amide bonds. The maximum atomic E-state index is 12.5. The molecule has 0 spiro atoms. The molecule has 0 radical (unpaired) electrons. The number of amides is 1. The van der Waals surface area contributed by atoms with Crippen molar-refractivity contribution in [3.63, 3.8) is 0 Å². The summed E-state index contributed by atoms with van der Waals surface area (Å²) in [5.74, 6) is 1.52. The van der Waals surface area contributed by atoms with Gasteiger partial charge >= 0.3 is 0 Å². The fraction of sp³-hybridized carbons (Fsp3) is 0.458. The normalized spacial score (nSPS) is 12.4. The van der Waals surface area contributed by atoms with Gasteiger partial charge in [-0.15, -0.1) is 0 Å². The summed E-state index contributed by atoms with van der Waals surface area (Å²) in [5.41, 5.74) is 2.62. The average molecular weight is 384 g/mol. The zero-order valence-corrected chi connectivity index (χ0v) is 18.0. The van der Waals surface area contributed by atoms with E-state index in [1.807, 2.05) is 44.2 Å². The second kappa shape index (κ2) is 9.63. The first-order valence-corrected chi connectivity index (χ1v) is 10.0. The molecular formula is C24H33NO3. The number of carbonyl (C=O) groups is 1. The lowest BCUT2D eigenvalue weighted by Crippen LogP contribution is -2.32. The summed E-state index contributed by atoms with van der Waals surface area (Å²) >= 11 is 0. The number of hydrogen-bond donors (Lipinski definition) is 1. The second-order valence-corrected chi connectivity index (χ2v) is 8.07. The van der Waals surface area contributed by atoms with E-state index in [1.54, 1.807) is 6.07 Å². The molecule has 0 aromatic heterocycles. The molecule has 0 saturated heterocycles. The molecule has 0 aliphatic heterocycles. The Hall–Kier alpha value is -2.49. The number of para-hydroxylation sites is 1. The molecule has 2 aromatic rings. The topological polar surface area (TPSA) is 47.6 Å². The van der Waals surface area contributed by atoms with E-state index in [2.05, 4.69) is 39.1 Å². The van der Waals surface area contributed by atoms with Gasteiger partial charge in [-0.1, -0.05) is 45.9 Å². The van der Waals surface area contributed by atoms with Gasteiger partial charge in [0.15, 0.2) is 0 Å². The Kier molecular flexibility index (Phi) is 7.50. The van der Waals surface area contributed by atoms with Gasteiger partial charge in [0.05, 0.1) is 6.61 Å². The molecule has 1 N–H and O–H groups in total. The summed E-state index contributed by atoms with van der Waals surface area (Å²) in [4.78, 5) is 12.5. The maximum absolute atomic E-state index is 12.5. The Morgan fingerprint density at radius 1 is 1.04 bits per heavy atom. The van der Waals surface area contributed by atoms with Crippen LogP contribution in [0, 0.1) is 0 Å². The molecule has 28 heavy (non-hydrogen) atoms. The minimum Gasteiger partial charge on any atom is -0.493 e. The number of hydrogen-bond acceptors (Lipinski definition) is 3. The lowest BCUT2D eigenvalue weighted by molar-refractivity contribution is 0.0939. The van der Waals surface area contributed by atoms with Gasteiger partial charge in [0.25, 0.3) is 5.91 Å². The van der Waals surface area contributed by atoms with Crippen molar-refractivity contribution in [2.45, 2.75) is 66.0 Å². The van der Waals surface area contributed by atoms with Crippen LogP contribution in [-0.2, 0) is 12.0 Å². The first-order valence-electron chi connectivity index (χ1n) is 10.0. The van der Waals surface area contributed by atoms with Gasteiger partial charge in [0.2, 0.25) is 0 Å². The van der Waals surface area contributed by atoms with E-state index in [4.69, 9.17) is 9.47 Å². The van der Waals surface area contributed by atoms with Crippen LogP contribution in [0.3, 0.4) is 0 Å². The highest BCUT2D eigenvalue weighted by atomic mass is 16.5.